The highest BCUT2D eigenvalue weighted by molar-refractivity contribution is 7.92. The van der Waals surface area contributed by atoms with Crippen molar-refractivity contribution in [3.8, 4) is 11.4 Å². The maximum Gasteiger partial charge on any atom is 0.319 e. The van der Waals surface area contributed by atoms with Crippen molar-refractivity contribution in [1.82, 2.24) is 25.2 Å². The van der Waals surface area contributed by atoms with Crippen LogP contribution in [0.2, 0.25) is 0 Å². The average molecular weight is 566 g/mol. The highest BCUT2D eigenvalue weighted by Gasteiger charge is 2.58. The molecule has 1 aliphatic heterocycles. The van der Waals surface area contributed by atoms with E-state index in [9.17, 15) is 13.2 Å². The van der Waals surface area contributed by atoms with E-state index in [0.717, 1.165) is 12.1 Å². The van der Waals surface area contributed by atoms with Crippen LogP contribution in [0.25, 0.3) is 11.4 Å². The van der Waals surface area contributed by atoms with Crippen molar-refractivity contribution in [2.24, 2.45) is 0 Å². The van der Waals surface area contributed by atoms with Crippen molar-refractivity contribution < 1.29 is 17.9 Å². The van der Waals surface area contributed by atoms with E-state index in [-0.39, 0.29) is 17.0 Å². The molecule has 2 N–H and O–H groups in total. The molecule has 2 aliphatic rings. The number of rotatable bonds is 9. The molecule has 2 fully saturated rings. The van der Waals surface area contributed by atoms with Crippen molar-refractivity contribution in [3.63, 3.8) is 0 Å². The van der Waals surface area contributed by atoms with Gasteiger partial charge in [-0.25, -0.2) is 23.2 Å². The van der Waals surface area contributed by atoms with Gasteiger partial charge in [0.15, 0.2) is 15.7 Å². The van der Waals surface area contributed by atoms with Gasteiger partial charge >= 0.3 is 6.03 Å². The van der Waals surface area contributed by atoms with E-state index >= 15 is 0 Å². The third kappa shape index (κ3) is 5.79. The van der Waals surface area contributed by atoms with E-state index in [0.29, 0.717) is 62.2 Å². The van der Waals surface area contributed by atoms with Crippen LogP contribution >= 0.6 is 0 Å². The Bertz CT molecular complexity index is 1450. The standard InChI is InChI=1S/C28H35N7O4S/c1-20-19-39-17-16-35(20)25-18-24(28(10-11-28)40(37,38)23-8-12-29-13-9-23)32-26(33-25)21-4-6-22(7-5-21)31-27(36)30-14-15-34(2)3/h4-9,12-13,18,20H,10-11,14-17,19H2,1-3H3,(H2,30,31,36)/t20-/m0/s1. The smallest absolute Gasteiger partial charge is 0.319 e. The van der Waals surface area contributed by atoms with Crippen LogP contribution < -0.4 is 15.5 Å². The number of urea groups is 1. The molecule has 1 atom stereocenters. The molecule has 2 amide bonds. The Hall–Kier alpha value is -3.61. The van der Waals surface area contributed by atoms with Crippen molar-refractivity contribution >= 4 is 27.4 Å². The van der Waals surface area contributed by atoms with Crippen LogP contribution in [0.15, 0.2) is 59.8 Å². The van der Waals surface area contributed by atoms with Crippen LogP contribution in [-0.4, -0.2) is 87.3 Å². The monoisotopic (exact) mass is 565 g/mol. The summed E-state index contributed by atoms with van der Waals surface area (Å²) in [5.41, 5.74) is 1.84. The van der Waals surface area contributed by atoms with Gasteiger partial charge in [-0.1, -0.05) is 0 Å². The number of ether oxygens (including phenoxy) is 1. The first-order valence-corrected chi connectivity index (χ1v) is 14.9. The lowest BCUT2D eigenvalue weighted by molar-refractivity contribution is 0.0985. The van der Waals surface area contributed by atoms with Crippen molar-refractivity contribution in [3.05, 3.63) is 60.6 Å². The average Bonchev–Trinajstić information content (AvgIpc) is 3.77. The van der Waals surface area contributed by atoms with Crippen LogP contribution in [-0.2, 0) is 19.3 Å². The third-order valence-electron chi connectivity index (χ3n) is 7.27. The number of morpholine rings is 1. The van der Waals surface area contributed by atoms with Gasteiger partial charge in [0.25, 0.3) is 0 Å². The lowest BCUT2D eigenvalue weighted by Gasteiger charge is -2.34. The Morgan fingerprint density at radius 3 is 2.50 bits per heavy atom. The number of sulfone groups is 1. The highest BCUT2D eigenvalue weighted by Crippen LogP contribution is 2.55. The third-order valence-corrected chi connectivity index (χ3v) is 9.80. The molecule has 0 bridgehead atoms. The van der Waals surface area contributed by atoms with E-state index in [2.05, 4.69) is 27.4 Å². The number of likely N-dealkylation sites (N-methyl/N-ethyl adjacent to an activating group) is 1. The molecule has 40 heavy (non-hydrogen) atoms. The van der Waals surface area contributed by atoms with Gasteiger partial charge in [-0.3, -0.25) is 4.98 Å². The van der Waals surface area contributed by atoms with Gasteiger partial charge in [0, 0.05) is 49.3 Å². The number of anilines is 2. The number of hydrogen-bond donors (Lipinski definition) is 2. The van der Waals surface area contributed by atoms with Gasteiger partial charge in [0.05, 0.1) is 29.8 Å². The molecular weight excluding hydrogens is 530 g/mol. The van der Waals surface area contributed by atoms with E-state index in [4.69, 9.17) is 14.7 Å². The van der Waals surface area contributed by atoms with Gasteiger partial charge < -0.3 is 25.2 Å². The molecule has 11 nitrogen and oxygen atoms in total. The zero-order valence-electron chi connectivity index (χ0n) is 23.0. The topological polar surface area (TPSA) is 130 Å². The van der Waals surface area contributed by atoms with E-state index in [1.165, 1.54) is 24.5 Å². The van der Waals surface area contributed by atoms with Crippen molar-refractivity contribution in [2.75, 3.05) is 57.2 Å². The molecule has 1 aromatic carbocycles. The SMILES string of the molecule is C[C@H]1COCCN1c1cc(C2(S(=O)(=O)c3ccncc3)CC2)nc(-c2ccc(NC(=O)NCCN(C)C)cc2)n1. The summed E-state index contributed by atoms with van der Waals surface area (Å²) in [6.45, 7) is 5.10. The van der Waals surface area contributed by atoms with E-state index in [1.54, 1.807) is 12.1 Å². The second kappa shape index (κ2) is 11.5. The van der Waals surface area contributed by atoms with Crippen LogP contribution in [0.5, 0.6) is 0 Å². The number of nitrogens with zero attached hydrogens (tertiary/aromatic N) is 5. The van der Waals surface area contributed by atoms with Gasteiger partial charge in [0.2, 0.25) is 0 Å². The van der Waals surface area contributed by atoms with Gasteiger partial charge in [-0.15, -0.1) is 0 Å². The minimum absolute atomic E-state index is 0.0777. The Labute approximate surface area is 234 Å². The predicted molar refractivity (Wildman–Crippen MR) is 153 cm³/mol. The molecule has 0 unspecified atom stereocenters. The molecule has 12 heteroatoms. The molecule has 212 valence electrons. The molecule has 1 saturated carbocycles. The number of pyridine rings is 1. The van der Waals surface area contributed by atoms with Gasteiger partial charge in [-0.05, 0) is 70.3 Å². The molecule has 1 aliphatic carbocycles. The zero-order chi connectivity index (χ0) is 28.3. The second-order valence-electron chi connectivity index (χ2n) is 10.5. The number of amides is 2. The van der Waals surface area contributed by atoms with E-state index < -0.39 is 14.6 Å². The molecule has 3 aromatic rings. The fourth-order valence-corrected chi connectivity index (χ4v) is 6.75. The summed E-state index contributed by atoms with van der Waals surface area (Å²) in [5.74, 6) is 1.11. The first-order chi connectivity index (χ1) is 19.2. The molecular formula is C28H35N7O4S. The Balaban J connectivity index is 1.47. The summed E-state index contributed by atoms with van der Waals surface area (Å²) in [6.07, 6.45) is 3.96. The molecule has 2 aromatic heterocycles. The molecule has 3 heterocycles. The molecule has 1 saturated heterocycles. The van der Waals surface area contributed by atoms with Crippen molar-refractivity contribution in [2.45, 2.75) is 35.4 Å². The largest absolute Gasteiger partial charge is 0.377 e. The normalized spacial score (nSPS) is 18.4. The molecule has 0 radical (unpaired) electrons. The summed E-state index contributed by atoms with van der Waals surface area (Å²) < 4.78 is 32.1. The maximum atomic E-state index is 13.8. The lowest BCUT2D eigenvalue weighted by atomic mass is 10.1. The molecule has 5 rings (SSSR count). The quantitative estimate of drug-likeness (QED) is 0.402. The minimum atomic E-state index is -3.70. The van der Waals surface area contributed by atoms with Crippen LogP contribution in [0.3, 0.4) is 0 Å². The fourth-order valence-electron chi connectivity index (χ4n) is 4.80. The Kier molecular flexibility index (Phi) is 8.02. The summed E-state index contributed by atoms with van der Waals surface area (Å²) in [6, 6.07) is 11.9. The van der Waals surface area contributed by atoms with Crippen LogP contribution in [0.4, 0.5) is 16.3 Å². The summed E-state index contributed by atoms with van der Waals surface area (Å²) in [7, 11) is 0.184. The zero-order valence-corrected chi connectivity index (χ0v) is 23.8. The number of benzene rings is 1. The van der Waals surface area contributed by atoms with Gasteiger partial charge in [-0.2, -0.15) is 0 Å². The molecule has 0 spiro atoms. The number of hydrogen-bond acceptors (Lipinski definition) is 9. The fraction of sp³-hybridized carbons (Fsp3) is 0.429. The highest BCUT2D eigenvalue weighted by atomic mass is 32.2. The Morgan fingerprint density at radius 1 is 1.12 bits per heavy atom. The van der Waals surface area contributed by atoms with Crippen molar-refractivity contribution in [1.29, 1.82) is 0 Å². The number of carbonyl (C=O) groups is 1. The minimum Gasteiger partial charge on any atom is -0.377 e. The number of nitrogens with one attached hydrogen (secondary N) is 2. The second-order valence-corrected chi connectivity index (χ2v) is 12.8. The first-order valence-electron chi connectivity index (χ1n) is 13.4. The van der Waals surface area contributed by atoms with Gasteiger partial charge in [0.1, 0.15) is 10.6 Å². The predicted octanol–water partition coefficient (Wildman–Crippen LogP) is 2.91. The number of carbonyl (C=O) groups excluding carboxylic acids is 1. The summed E-state index contributed by atoms with van der Waals surface area (Å²) in [5, 5.41) is 5.65. The summed E-state index contributed by atoms with van der Waals surface area (Å²) >= 11 is 0. The summed E-state index contributed by atoms with van der Waals surface area (Å²) in [4.78, 5) is 30.3. The van der Waals surface area contributed by atoms with E-state index in [1.807, 2.05) is 37.2 Å². The van der Waals surface area contributed by atoms with Crippen LogP contribution in [0, 0.1) is 0 Å². The van der Waals surface area contributed by atoms with Crippen LogP contribution in [0.1, 0.15) is 25.5 Å². The maximum absolute atomic E-state index is 13.8. The Morgan fingerprint density at radius 2 is 1.85 bits per heavy atom. The first kappa shape index (κ1) is 27.9. The number of aromatic nitrogens is 3. The lowest BCUT2D eigenvalue weighted by Crippen LogP contribution is -2.44.